The highest BCUT2D eigenvalue weighted by molar-refractivity contribution is 5.93. The van der Waals surface area contributed by atoms with Crippen molar-refractivity contribution in [2.24, 2.45) is 0 Å². The molecule has 0 saturated carbocycles. The van der Waals surface area contributed by atoms with Crippen LogP contribution in [-0.4, -0.2) is 164 Å². The first-order chi connectivity index (χ1) is 37.6. The molecule has 0 spiro atoms. The quantitative estimate of drug-likeness (QED) is 0.0501. The number of aliphatic hydroxyl groups is 2. The molecule has 4 aromatic carbocycles. The molecule has 78 heavy (non-hydrogen) atoms. The van der Waals surface area contributed by atoms with E-state index in [0.29, 0.717) is 42.5 Å². The molecule has 4 aliphatic heterocycles. The molecule has 0 aromatic heterocycles. The first-order valence-corrected chi connectivity index (χ1v) is 26.9. The topological polar surface area (TPSA) is 296 Å². The summed E-state index contributed by atoms with van der Waals surface area (Å²) in [5.41, 5.74) is 4.47. The maximum absolute atomic E-state index is 14.4. The average molecular weight is 1070 g/mol. The number of hydrogen-bond acceptors (Lipinski definition) is 12. The van der Waals surface area contributed by atoms with Gasteiger partial charge in [-0.15, -0.1) is 0 Å². The average Bonchev–Trinajstić information content (AvgIpc) is 4.29. The second-order valence-corrected chi connectivity index (χ2v) is 21.0. The van der Waals surface area contributed by atoms with Gasteiger partial charge in [0, 0.05) is 63.8 Å². The summed E-state index contributed by atoms with van der Waals surface area (Å²) in [6, 6.07) is 25.8. The summed E-state index contributed by atoms with van der Waals surface area (Å²) in [7, 11) is 0. The Balaban J connectivity index is 0.984. The zero-order valence-corrected chi connectivity index (χ0v) is 43.4. The number of carbonyl (C=O) groups excluding carboxylic acids is 6. The van der Waals surface area contributed by atoms with E-state index in [4.69, 9.17) is 0 Å². The number of β-amino-alcohol motifs (C(OH)–C–C–N with tert-alkyl or cyclic N) is 2. The molecule has 4 fully saturated rings. The molecule has 20 nitrogen and oxygen atoms in total. The van der Waals surface area contributed by atoms with Crippen LogP contribution in [0, 0.1) is 0 Å². The van der Waals surface area contributed by atoms with Gasteiger partial charge in [0.05, 0.1) is 24.3 Å². The molecule has 0 aliphatic carbocycles. The number of carboxylic acids is 2. The third-order valence-corrected chi connectivity index (χ3v) is 15.0. The van der Waals surface area contributed by atoms with Gasteiger partial charge in [-0.3, -0.25) is 28.8 Å². The highest BCUT2D eigenvalue weighted by Gasteiger charge is 2.43. The third-order valence-electron chi connectivity index (χ3n) is 15.0. The van der Waals surface area contributed by atoms with Gasteiger partial charge in [-0.1, -0.05) is 109 Å². The smallest absolute Gasteiger partial charge is 0.326 e. The molecule has 4 saturated heterocycles. The lowest BCUT2D eigenvalue weighted by atomic mass is 9.96. The Labute approximate surface area is 452 Å². The van der Waals surface area contributed by atoms with Crippen molar-refractivity contribution in [1.29, 1.82) is 0 Å². The minimum Gasteiger partial charge on any atom is -0.480 e. The van der Waals surface area contributed by atoms with Gasteiger partial charge in [0.15, 0.2) is 0 Å². The van der Waals surface area contributed by atoms with Gasteiger partial charge < -0.3 is 62.1 Å². The summed E-state index contributed by atoms with van der Waals surface area (Å²) in [6.45, 7) is 1.12. The van der Waals surface area contributed by atoms with Gasteiger partial charge in [-0.2, -0.15) is 0 Å². The summed E-state index contributed by atoms with van der Waals surface area (Å²) in [5.74, 6) is -5.24. The summed E-state index contributed by atoms with van der Waals surface area (Å²) in [6.07, 6.45) is 0.785. The van der Waals surface area contributed by atoms with Crippen molar-refractivity contribution in [3.63, 3.8) is 0 Å². The normalized spacial score (nSPS) is 22.4. The number of aliphatic hydroxyl groups excluding tert-OH is 2. The van der Waals surface area contributed by atoms with Gasteiger partial charge in [0.2, 0.25) is 35.4 Å². The minimum atomic E-state index is -1.25. The molecular weight excluding hydrogens is 1000 g/mol. The van der Waals surface area contributed by atoms with E-state index in [-0.39, 0.29) is 82.8 Å². The lowest BCUT2D eigenvalue weighted by Gasteiger charge is -2.28. The van der Waals surface area contributed by atoms with E-state index in [9.17, 15) is 58.8 Å². The lowest BCUT2D eigenvalue weighted by molar-refractivity contribution is -0.149. The fraction of sp³-hybridized carbons (Fsp3) is 0.448. The number of rotatable bonds is 23. The standard InChI is InChI=1S/C58H70N8O12/c67-43-31-46(60-33-43)53(71)61-41(25-35-10-3-1-4-11-35)29-51(69)63-47(56(74)65-23-9-17-49(65)58(77)78)28-38-14-7-15-40(24-38)39-20-18-37(19-21-39)26-42(30-52(70)64-48(57(75)76)27-36-12-5-2-6-13-36)62-54(72)50-32-44(68)34-66(50)55(73)45-16-8-22-59-45/h1-7,10-15,18-21,24,41-50,59-60,67-68H,8-9,16-17,22-23,25-34H2,(H,61,71)(H,62,72)(H,63,69)(H,64,70)(H,75,76)(H,77,78)/t41-,42-,43?,44?,45-,46-,47-,48-,49-,50-/m0/s1. The van der Waals surface area contributed by atoms with Crippen LogP contribution >= 0.6 is 0 Å². The first-order valence-electron chi connectivity index (χ1n) is 26.9. The molecule has 4 heterocycles. The number of aliphatic carboxylic acids is 2. The summed E-state index contributed by atoms with van der Waals surface area (Å²) < 4.78 is 0. The van der Waals surface area contributed by atoms with E-state index >= 15 is 0 Å². The van der Waals surface area contributed by atoms with E-state index in [0.717, 1.165) is 23.1 Å². The Morgan fingerprint density at radius 2 is 1.15 bits per heavy atom. The molecule has 4 aliphatic rings. The molecule has 0 bridgehead atoms. The number of nitrogens with zero attached hydrogens (tertiary/aromatic N) is 2. The predicted molar refractivity (Wildman–Crippen MR) is 286 cm³/mol. The Morgan fingerprint density at radius 3 is 1.76 bits per heavy atom. The van der Waals surface area contributed by atoms with E-state index in [1.54, 1.807) is 42.5 Å². The van der Waals surface area contributed by atoms with Crippen molar-refractivity contribution in [3.05, 3.63) is 131 Å². The number of hydrogen-bond donors (Lipinski definition) is 10. The largest absolute Gasteiger partial charge is 0.480 e. The van der Waals surface area contributed by atoms with E-state index in [1.165, 1.54) is 9.80 Å². The van der Waals surface area contributed by atoms with E-state index in [1.807, 2.05) is 66.7 Å². The molecular formula is C58H70N8O12. The van der Waals surface area contributed by atoms with Gasteiger partial charge in [0.1, 0.15) is 24.2 Å². The van der Waals surface area contributed by atoms with Crippen molar-refractivity contribution in [2.75, 3.05) is 26.2 Å². The molecule has 10 N–H and O–H groups in total. The Bertz CT molecular complexity index is 2760. The van der Waals surface area contributed by atoms with Crippen molar-refractivity contribution >= 4 is 47.4 Å². The van der Waals surface area contributed by atoms with Crippen LogP contribution in [0.25, 0.3) is 11.1 Å². The van der Waals surface area contributed by atoms with Crippen LogP contribution in [0.4, 0.5) is 0 Å². The van der Waals surface area contributed by atoms with E-state index < -0.39 is 96.1 Å². The number of likely N-dealkylation sites (tertiary alicyclic amines) is 2. The summed E-state index contributed by atoms with van der Waals surface area (Å²) in [5, 5.41) is 58.4. The molecule has 6 amide bonds. The SMILES string of the molecule is O=C(C[C@H](Cc1ccc(-c2cccc(C[C@H](NC(=O)C[C@H](Cc3ccccc3)NC(=O)[C@@H]3CC(O)CN3)C(=O)N3CCC[C@H]3C(=O)O)c2)cc1)NC(=O)[C@@H]1CC(O)CN1C(=O)[C@@H]1CCCN1)N[C@@H](Cc1ccccc1)C(=O)O. The maximum Gasteiger partial charge on any atom is 0.326 e. The molecule has 2 unspecified atom stereocenters. The number of benzene rings is 4. The lowest BCUT2D eigenvalue weighted by Crippen LogP contribution is -2.54. The van der Waals surface area contributed by atoms with Crippen molar-refractivity contribution < 1.29 is 58.8 Å². The van der Waals surface area contributed by atoms with Crippen LogP contribution < -0.4 is 31.9 Å². The maximum atomic E-state index is 14.4. The highest BCUT2D eigenvalue weighted by atomic mass is 16.4. The Morgan fingerprint density at radius 1 is 0.551 bits per heavy atom. The van der Waals surface area contributed by atoms with Gasteiger partial charge >= 0.3 is 11.9 Å². The van der Waals surface area contributed by atoms with Crippen LogP contribution in [-0.2, 0) is 64.0 Å². The Hall–Kier alpha value is -7.52. The van der Waals surface area contributed by atoms with Gasteiger partial charge in [-0.25, -0.2) is 9.59 Å². The van der Waals surface area contributed by atoms with Crippen LogP contribution in [0.1, 0.15) is 73.6 Å². The predicted octanol–water partition coefficient (Wildman–Crippen LogP) is 1.24. The van der Waals surface area contributed by atoms with Crippen LogP contribution in [0.3, 0.4) is 0 Å². The van der Waals surface area contributed by atoms with Crippen LogP contribution in [0.15, 0.2) is 109 Å². The molecule has 4 aromatic rings. The van der Waals surface area contributed by atoms with E-state index in [2.05, 4.69) is 31.9 Å². The zero-order chi connectivity index (χ0) is 55.3. The number of carbonyl (C=O) groups is 8. The zero-order valence-electron chi connectivity index (χ0n) is 43.4. The van der Waals surface area contributed by atoms with Crippen LogP contribution in [0.2, 0.25) is 0 Å². The second-order valence-electron chi connectivity index (χ2n) is 21.0. The number of carboxylic acid groups (broad SMARTS) is 2. The fourth-order valence-corrected chi connectivity index (χ4v) is 11.1. The highest BCUT2D eigenvalue weighted by Crippen LogP contribution is 2.26. The minimum absolute atomic E-state index is 0.00860. The second kappa shape index (κ2) is 26.7. The monoisotopic (exact) mass is 1070 g/mol. The third kappa shape index (κ3) is 15.4. The van der Waals surface area contributed by atoms with Crippen molar-refractivity contribution in [1.82, 2.24) is 41.7 Å². The van der Waals surface area contributed by atoms with Crippen LogP contribution in [0.5, 0.6) is 0 Å². The fourth-order valence-electron chi connectivity index (χ4n) is 11.1. The summed E-state index contributed by atoms with van der Waals surface area (Å²) >= 11 is 0. The molecule has 0 radical (unpaired) electrons. The van der Waals surface area contributed by atoms with Gasteiger partial charge in [-0.05, 0) is 84.9 Å². The van der Waals surface area contributed by atoms with Crippen molar-refractivity contribution in [2.45, 2.75) is 138 Å². The van der Waals surface area contributed by atoms with Gasteiger partial charge in [0.25, 0.3) is 0 Å². The number of amides is 6. The first kappa shape index (κ1) is 56.7. The molecule has 20 heteroatoms. The summed E-state index contributed by atoms with van der Waals surface area (Å²) in [4.78, 5) is 110. The number of nitrogens with one attached hydrogen (secondary N) is 6. The molecule has 10 atom stereocenters. The molecule has 8 rings (SSSR count). The molecule has 414 valence electrons. The Kier molecular flexibility index (Phi) is 19.4. The van der Waals surface area contributed by atoms with Crippen molar-refractivity contribution in [3.8, 4) is 11.1 Å².